The van der Waals surface area contributed by atoms with Crippen molar-refractivity contribution in [1.29, 1.82) is 0 Å². The van der Waals surface area contributed by atoms with Gasteiger partial charge in [0.2, 0.25) is 0 Å². The summed E-state index contributed by atoms with van der Waals surface area (Å²) in [7, 11) is 1.27. The molecule has 0 aliphatic rings. The molecule has 1 rings (SSSR count). The van der Waals surface area contributed by atoms with E-state index in [0.29, 0.717) is 4.37 Å². The summed E-state index contributed by atoms with van der Waals surface area (Å²) in [5.74, 6) is 0. The Hall–Kier alpha value is -0.403. The molecule has 0 atom stereocenters. The molecule has 0 bridgehead atoms. The molecule has 1 heterocycles. The first-order valence-corrected chi connectivity index (χ1v) is 2.99. The van der Waals surface area contributed by atoms with Crippen molar-refractivity contribution in [2.75, 3.05) is 0 Å². The maximum atomic E-state index is 12.0. The van der Waals surface area contributed by atoms with Gasteiger partial charge in [-0.15, -0.1) is 0 Å². The number of hydrogen-bond acceptors (Lipinski definition) is 1. The molecule has 1 aromatic heterocycles. The van der Waals surface area contributed by atoms with Crippen LogP contribution in [0.15, 0.2) is 6.07 Å². The van der Waals surface area contributed by atoms with Gasteiger partial charge in [0.1, 0.15) is 0 Å². The average Bonchev–Trinajstić information content (AvgIpc) is 2.08. The molecule has 6 heteroatoms. The van der Waals surface area contributed by atoms with Gasteiger partial charge in [0, 0.05) is 0 Å². The van der Waals surface area contributed by atoms with Gasteiger partial charge >= 0.3 is 70.0 Å². The molecular formula is C5H4F3LiN2. The molecule has 0 fully saturated rings. The van der Waals surface area contributed by atoms with Gasteiger partial charge in [-0.25, -0.2) is 0 Å². The van der Waals surface area contributed by atoms with E-state index in [0.717, 1.165) is 10.7 Å². The van der Waals surface area contributed by atoms with Crippen molar-refractivity contribution in [2.45, 2.75) is 6.18 Å². The van der Waals surface area contributed by atoms with Crippen LogP contribution in [0.25, 0.3) is 0 Å². The first-order chi connectivity index (χ1) is 4.91. The Morgan fingerprint density at radius 1 is 1.55 bits per heavy atom. The Kier molecular flexibility index (Phi) is 2.03. The van der Waals surface area contributed by atoms with Crippen LogP contribution in [0.1, 0.15) is 5.69 Å². The van der Waals surface area contributed by atoms with Crippen LogP contribution in [0, 0.1) is 0 Å². The molecule has 0 saturated heterocycles. The number of aromatic nitrogens is 2. The van der Waals surface area contributed by atoms with Gasteiger partial charge < -0.3 is 0 Å². The molecule has 0 aromatic carbocycles. The number of halogens is 3. The fourth-order valence-corrected chi connectivity index (χ4v) is 0.876. The summed E-state index contributed by atoms with van der Waals surface area (Å²) in [6.07, 6.45) is -4.30. The number of hydrogen-bond donors (Lipinski definition) is 0. The number of nitrogens with zero attached hydrogens (tertiary/aromatic N) is 2. The van der Waals surface area contributed by atoms with E-state index >= 15 is 0 Å². The van der Waals surface area contributed by atoms with E-state index in [4.69, 9.17) is 0 Å². The zero-order chi connectivity index (χ0) is 8.65. The standard InChI is InChI=1S/C5H4F3N2.Li/c1-10-4(2-3-9-10)5(6,7)8;/h2H,1H3;. The Bertz CT molecular complexity index is 265. The second-order valence-electron chi connectivity index (χ2n) is 2.29. The Morgan fingerprint density at radius 2 is 2.09 bits per heavy atom. The number of rotatable bonds is 0. The Balaban J connectivity index is 3.13. The topological polar surface area (TPSA) is 17.8 Å². The minimum absolute atomic E-state index is 0.375. The summed E-state index contributed by atoms with van der Waals surface area (Å²) < 4.78 is 37.2. The van der Waals surface area contributed by atoms with Crippen LogP contribution >= 0.6 is 0 Å². The van der Waals surface area contributed by atoms with Crippen LogP contribution in [0.5, 0.6) is 0 Å². The molecule has 0 spiro atoms. The summed E-state index contributed by atoms with van der Waals surface area (Å²) in [6, 6.07) is 1.01. The van der Waals surface area contributed by atoms with Crippen LogP contribution in [0.3, 0.4) is 0 Å². The third-order valence-corrected chi connectivity index (χ3v) is 1.29. The maximum absolute atomic E-state index is 12.0. The summed E-state index contributed by atoms with van der Waals surface area (Å²) in [4.78, 5) is 0. The van der Waals surface area contributed by atoms with Gasteiger partial charge in [0.25, 0.3) is 0 Å². The minimum atomic E-state index is -4.30. The Labute approximate surface area is 70.6 Å². The molecule has 0 N–H and O–H groups in total. The molecule has 0 radical (unpaired) electrons. The Morgan fingerprint density at radius 3 is 2.27 bits per heavy atom. The molecule has 1 aromatic rings. The van der Waals surface area contributed by atoms with Crippen LogP contribution in [-0.2, 0) is 13.2 Å². The third-order valence-electron chi connectivity index (χ3n) is 1.29. The molecule has 0 aliphatic heterocycles. The quantitative estimate of drug-likeness (QED) is 0.491. The van der Waals surface area contributed by atoms with Crippen molar-refractivity contribution in [1.82, 2.24) is 9.78 Å². The van der Waals surface area contributed by atoms with E-state index in [9.17, 15) is 13.2 Å². The van der Waals surface area contributed by atoms with Gasteiger partial charge in [-0.05, 0) is 0 Å². The van der Waals surface area contributed by atoms with Crippen LogP contribution in [0.2, 0.25) is 0 Å². The number of alkyl halides is 3. The van der Waals surface area contributed by atoms with E-state index in [2.05, 4.69) is 5.10 Å². The number of aryl methyl sites for hydroxylation is 1. The molecule has 2 nitrogen and oxygen atoms in total. The van der Waals surface area contributed by atoms with Crippen molar-refractivity contribution >= 4 is 22.1 Å². The molecule has 56 valence electrons. The van der Waals surface area contributed by atoms with E-state index in [1.54, 1.807) is 0 Å². The zero-order valence-corrected chi connectivity index (χ0v) is 6.11. The van der Waals surface area contributed by atoms with Gasteiger partial charge in [-0.1, -0.05) is 0 Å². The van der Waals surface area contributed by atoms with E-state index in [-0.39, 0.29) is 0 Å². The fraction of sp³-hybridized carbons (Fsp3) is 0.400. The summed E-state index contributed by atoms with van der Waals surface area (Å²) in [6.45, 7) is 0. The second-order valence-corrected chi connectivity index (χ2v) is 2.29. The van der Waals surface area contributed by atoms with Gasteiger partial charge in [0.05, 0.1) is 0 Å². The zero-order valence-electron chi connectivity index (χ0n) is 6.11. The molecule has 0 unspecified atom stereocenters. The van der Waals surface area contributed by atoms with Crippen molar-refractivity contribution in [3.63, 3.8) is 0 Å². The summed E-state index contributed by atoms with van der Waals surface area (Å²) in [5.41, 5.74) is -0.713. The second kappa shape index (κ2) is 2.58. The molecule has 0 amide bonds. The monoisotopic (exact) mass is 156 g/mol. The average molecular weight is 156 g/mol. The fourth-order valence-electron chi connectivity index (χ4n) is 0.876. The van der Waals surface area contributed by atoms with Crippen molar-refractivity contribution in [2.24, 2.45) is 7.05 Å². The van der Waals surface area contributed by atoms with E-state index in [1.807, 2.05) is 0 Å². The van der Waals surface area contributed by atoms with Gasteiger partial charge in [-0.3, -0.25) is 0 Å². The van der Waals surface area contributed by atoms with Crippen LogP contribution in [-0.4, -0.2) is 27.5 Å². The van der Waals surface area contributed by atoms with Crippen molar-refractivity contribution < 1.29 is 13.2 Å². The van der Waals surface area contributed by atoms with Crippen molar-refractivity contribution in [3.8, 4) is 0 Å². The van der Waals surface area contributed by atoms with Crippen LogP contribution < -0.4 is 4.37 Å². The molecule has 0 aliphatic carbocycles. The van der Waals surface area contributed by atoms with Crippen LogP contribution in [0.4, 0.5) is 13.2 Å². The summed E-state index contributed by atoms with van der Waals surface area (Å²) in [5, 5.41) is 3.57. The molecule has 0 saturated carbocycles. The van der Waals surface area contributed by atoms with Crippen molar-refractivity contribution in [3.05, 3.63) is 11.8 Å². The first kappa shape index (κ1) is 8.69. The normalized spacial score (nSPS) is 12.2. The van der Waals surface area contributed by atoms with E-state index < -0.39 is 11.9 Å². The summed E-state index contributed by atoms with van der Waals surface area (Å²) >= 11 is 1.52. The molecular weight excluding hydrogens is 152 g/mol. The predicted molar refractivity (Wildman–Crippen MR) is 33.6 cm³/mol. The van der Waals surface area contributed by atoms with Gasteiger partial charge in [0.15, 0.2) is 0 Å². The third kappa shape index (κ3) is 1.79. The SMILES string of the molecule is [Li][c]1cc(C(F)(F)F)n(C)n1. The van der Waals surface area contributed by atoms with Gasteiger partial charge in [-0.2, -0.15) is 0 Å². The van der Waals surface area contributed by atoms with E-state index in [1.165, 1.54) is 24.8 Å². The first-order valence-electron chi connectivity index (χ1n) is 2.99. The molecule has 11 heavy (non-hydrogen) atoms. The predicted octanol–water partition coefficient (Wildman–Crippen LogP) is 0.233.